The smallest absolute Gasteiger partial charge is 0.266 e. The second-order valence-corrected chi connectivity index (χ2v) is 10.3. The summed E-state index contributed by atoms with van der Waals surface area (Å²) in [6.45, 7) is 3.00. The Morgan fingerprint density at radius 3 is 2.44 bits per heavy atom. The topological polar surface area (TPSA) is 66.4 Å². The molecule has 3 atom stereocenters. The van der Waals surface area contributed by atoms with Crippen LogP contribution in [-0.2, 0) is 5.54 Å². The molecule has 2 N–H and O–H groups in total. The van der Waals surface area contributed by atoms with Gasteiger partial charge in [0.05, 0.1) is 28.4 Å². The Balaban J connectivity index is 1.49. The number of carbonyl (C=O) groups is 1. The first-order chi connectivity index (χ1) is 17.0. The Morgan fingerprint density at radius 1 is 1.17 bits per heavy atom. The maximum Gasteiger partial charge on any atom is 0.266 e. The van der Waals surface area contributed by atoms with Crippen LogP contribution in [0.1, 0.15) is 60.1 Å². The van der Waals surface area contributed by atoms with Gasteiger partial charge in [0.15, 0.2) is 0 Å². The number of amides is 1. The minimum atomic E-state index is -3.02. The molecule has 3 fully saturated rings. The molecule has 5 rings (SSSR count). The number of hydrogen-bond donors (Lipinski definition) is 2. The van der Waals surface area contributed by atoms with Crippen LogP contribution in [0.25, 0.3) is 0 Å². The molecular weight excluding hydrogens is 483 g/mol. The molecule has 0 unspecified atom stereocenters. The summed E-state index contributed by atoms with van der Waals surface area (Å²) in [4.78, 5) is 28.4. The number of aromatic nitrogens is 1. The lowest BCUT2D eigenvalue weighted by molar-refractivity contribution is 0.0648. The van der Waals surface area contributed by atoms with Crippen LogP contribution in [0.3, 0.4) is 0 Å². The lowest BCUT2D eigenvalue weighted by Gasteiger charge is -2.24. The number of rotatable bonds is 8. The van der Waals surface area contributed by atoms with Crippen LogP contribution in [0.5, 0.6) is 0 Å². The molecule has 36 heavy (non-hydrogen) atoms. The van der Waals surface area contributed by atoms with Crippen molar-refractivity contribution in [3.8, 4) is 0 Å². The van der Waals surface area contributed by atoms with Gasteiger partial charge in [-0.3, -0.25) is 9.59 Å². The van der Waals surface area contributed by atoms with E-state index in [1.54, 1.807) is 0 Å². The van der Waals surface area contributed by atoms with E-state index in [0.717, 1.165) is 29.8 Å². The molecule has 6 nitrogen and oxygen atoms in total. The summed E-state index contributed by atoms with van der Waals surface area (Å²) in [5.74, 6) is -1.51. The second-order valence-electron chi connectivity index (χ2n) is 10.3. The summed E-state index contributed by atoms with van der Waals surface area (Å²) in [5, 5.41) is 5.90. The Kier molecular flexibility index (Phi) is 5.89. The Hall–Kier alpha value is -2.95. The molecule has 2 heterocycles. The molecule has 2 saturated carbocycles. The molecule has 2 aromatic rings. The van der Waals surface area contributed by atoms with Gasteiger partial charge in [-0.05, 0) is 39.2 Å². The van der Waals surface area contributed by atoms with Crippen molar-refractivity contribution in [1.82, 2.24) is 14.8 Å². The number of hydrogen-bond acceptors (Lipinski definition) is 4. The number of alkyl halides is 4. The maximum absolute atomic E-state index is 14.7. The number of nitrogens with one attached hydrogen (secondary N) is 2. The first kappa shape index (κ1) is 24.7. The summed E-state index contributed by atoms with van der Waals surface area (Å²) in [6, 6.07) is 3.71. The molecule has 1 aromatic heterocycles. The van der Waals surface area contributed by atoms with Crippen LogP contribution >= 0.6 is 0 Å². The molecule has 1 amide bonds. The summed E-state index contributed by atoms with van der Waals surface area (Å²) >= 11 is 0. The van der Waals surface area contributed by atoms with Crippen LogP contribution < -0.4 is 16.2 Å². The van der Waals surface area contributed by atoms with Crippen LogP contribution in [0.2, 0.25) is 0 Å². The number of benzene rings is 1. The number of nitrogens with zero attached hydrogens (tertiary/aromatic N) is 2. The largest absolute Gasteiger partial charge is 0.377 e. The highest BCUT2D eigenvalue weighted by Gasteiger charge is 2.59. The molecule has 1 aliphatic heterocycles. The van der Waals surface area contributed by atoms with Gasteiger partial charge >= 0.3 is 0 Å². The minimum absolute atomic E-state index is 0.0339. The standard InChI is InChI=1S/C25H27F5N4O2/c1-13(15-4-3-5-16(20(15)26)21(27)28)31-22(36)17-11-34(25(6-7-25)23(29)30)19(35)8-18(17)32-24-9-14(24)10-33(2)12-24/h3-5,8,11,13-14,21,23,32H,6-7,9-10,12H2,1-2H3,(H,31,36)/t13-,14+,24+/m1/s1. The van der Waals surface area contributed by atoms with Gasteiger partial charge in [-0.25, -0.2) is 22.0 Å². The Morgan fingerprint density at radius 2 is 1.86 bits per heavy atom. The SMILES string of the molecule is C[C@@H](NC(=O)c1cn(C2(C(F)F)CC2)c(=O)cc1N[C@]12C[C@H]1CN(C)C2)c1cccc(C(F)F)c1F. The molecule has 0 radical (unpaired) electrons. The van der Waals surface area contributed by atoms with Gasteiger partial charge in [-0.1, -0.05) is 18.2 Å². The van der Waals surface area contributed by atoms with E-state index in [1.807, 2.05) is 7.05 Å². The Labute approximate surface area is 204 Å². The average Bonchev–Trinajstić information content (AvgIpc) is 3.69. The Bertz CT molecular complexity index is 1260. The molecule has 194 valence electrons. The fourth-order valence-corrected chi connectivity index (χ4v) is 5.48. The van der Waals surface area contributed by atoms with Gasteiger partial charge in [0.1, 0.15) is 11.4 Å². The molecule has 0 spiro atoms. The monoisotopic (exact) mass is 510 g/mol. The third-order valence-electron chi connectivity index (χ3n) is 7.75. The van der Waals surface area contributed by atoms with Crippen LogP contribution in [0.4, 0.5) is 27.6 Å². The zero-order valence-corrected chi connectivity index (χ0v) is 19.8. The quantitative estimate of drug-likeness (QED) is 0.521. The first-order valence-corrected chi connectivity index (χ1v) is 11.9. The number of piperidine rings is 1. The van der Waals surface area contributed by atoms with E-state index in [9.17, 15) is 31.5 Å². The van der Waals surface area contributed by atoms with E-state index in [-0.39, 0.29) is 35.2 Å². The van der Waals surface area contributed by atoms with E-state index in [0.29, 0.717) is 12.5 Å². The molecule has 3 aliphatic rings. The molecule has 1 aromatic carbocycles. The lowest BCUT2D eigenvalue weighted by Crippen LogP contribution is -2.39. The highest BCUT2D eigenvalue weighted by molar-refractivity contribution is 5.99. The van der Waals surface area contributed by atoms with Gasteiger partial charge < -0.3 is 20.1 Å². The minimum Gasteiger partial charge on any atom is -0.377 e. The summed E-state index contributed by atoms with van der Waals surface area (Å²) in [6.07, 6.45) is -3.60. The molecule has 2 aliphatic carbocycles. The fourth-order valence-electron chi connectivity index (χ4n) is 5.48. The van der Waals surface area contributed by atoms with E-state index in [1.165, 1.54) is 25.1 Å². The molecule has 11 heteroatoms. The van der Waals surface area contributed by atoms with Crippen LogP contribution in [0.15, 0.2) is 35.3 Å². The van der Waals surface area contributed by atoms with Crippen molar-refractivity contribution in [2.24, 2.45) is 5.92 Å². The van der Waals surface area contributed by atoms with Gasteiger partial charge in [0.25, 0.3) is 24.3 Å². The number of anilines is 1. The maximum atomic E-state index is 14.7. The average molecular weight is 511 g/mol. The number of likely N-dealkylation sites (N-methyl/N-ethyl adjacent to an activating group) is 1. The third kappa shape index (κ3) is 4.07. The van der Waals surface area contributed by atoms with Crippen molar-refractivity contribution in [2.45, 2.75) is 56.2 Å². The zero-order valence-electron chi connectivity index (χ0n) is 19.8. The zero-order chi connectivity index (χ0) is 26.0. The normalized spacial score (nSPS) is 25.1. The van der Waals surface area contributed by atoms with Gasteiger partial charge in [-0.15, -0.1) is 0 Å². The van der Waals surface area contributed by atoms with Crippen molar-refractivity contribution in [1.29, 1.82) is 0 Å². The van der Waals surface area contributed by atoms with Crippen LogP contribution in [-0.4, -0.2) is 47.5 Å². The molecular formula is C25H27F5N4O2. The number of halogens is 5. The van der Waals surface area contributed by atoms with Gasteiger partial charge in [-0.2, -0.15) is 0 Å². The van der Waals surface area contributed by atoms with Gasteiger partial charge in [0, 0.05) is 30.9 Å². The molecule has 1 saturated heterocycles. The number of fused-ring (bicyclic) bond motifs is 1. The highest BCUT2D eigenvalue weighted by atomic mass is 19.3. The second kappa shape index (κ2) is 8.57. The lowest BCUT2D eigenvalue weighted by atomic mass is 10.0. The van der Waals surface area contributed by atoms with E-state index < -0.39 is 47.3 Å². The number of carbonyl (C=O) groups excluding carboxylic acids is 1. The van der Waals surface area contributed by atoms with E-state index in [4.69, 9.17) is 0 Å². The summed E-state index contributed by atoms with van der Waals surface area (Å²) in [5.41, 5.74) is -3.34. The predicted molar refractivity (Wildman–Crippen MR) is 123 cm³/mol. The highest BCUT2D eigenvalue weighted by Crippen LogP contribution is 2.52. The fraction of sp³-hybridized carbons (Fsp3) is 0.520. The summed E-state index contributed by atoms with van der Waals surface area (Å²) < 4.78 is 69.5. The predicted octanol–water partition coefficient (Wildman–Crippen LogP) is 4.29. The van der Waals surface area contributed by atoms with Crippen molar-refractivity contribution >= 4 is 11.6 Å². The number of pyridine rings is 1. The summed E-state index contributed by atoms with van der Waals surface area (Å²) in [7, 11) is 1.96. The van der Waals surface area contributed by atoms with E-state index in [2.05, 4.69) is 15.5 Å². The number of likely N-dealkylation sites (tertiary alicyclic amines) is 1. The molecule has 0 bridgehead atoms. The van der Waals surface area contributed by atoms with Gasteiger partial charge in [0.2, 0.25) is 0 Å². The van der Waals surface area contributed by atoms with Crippen molar-refractivity contribution in [2.75, 3.05) is 25.5 Å². The van der Waals surface area contributed by atoms with Crippen LogP contribution in [0, 0.1) is 11.7 Å². The van der Waals surface area contributed by atoms with E-state index >= 15 is 0 Å². The van der Waals surface area contributed by atoms with Crippen molar-refractivity contribution in [3.05, 3.63) is 63.3 Å². The van der Waals surface area contributed by atoms with Crippen molar-refractivity contribution < 1.29 is 26.7 Å². The van der Waals surface area contributed by atoms with Crippen molar-refractivity contribution in [3.63, 3.8) is 0 Å². The third-order valence-corrected chi connectivity index (χ3v) is 7.75. The first-order valence-electron chi connectivity index (χ1n) is 11.9.